The molecule has 20 heavy (non-hydrogen) atoms. The summed E-state index contributed by atoms with van der Waals surface area (Å²) in [6, 6.07) is 12.9. The van der Waals surface area contributed by atoms with Gasteiger partial charge in [-0.05, 0) is 43.2 Å². The molecule has 1 unspecified atom stereocenters. The summed E-state index contributed by atoms with van der Waals surface area (Å²) in [5.74, 6) is 0. The van der Waals surface area contributed by atoms with Gasteiger partial charge in [0.15, 0.2) is 0 Å². The van der Waals surface area contributed by atoms with Crippen LogP contribution in [-0.2, 0) is 6.42 Å². The third-order valence-electron chi connectivity index (χ3n) is 4.09. The molecular weight excluding hydrogens is 246 g/mol. The number of benzene rings is 1. The molecule has 0 amide bonds. The smallest absolute Gasteiger partial charge is 0.0906 e. The minimum Gasteiger partial charge on any atom is -0.357 e. The molecule has 0 bridgehead atoms. The zero-order valence-electron chi connectivity index (χ0n) is 11.5. The van der Waals surface area contributed by atoms with Gasteiger partial charge in [-0.1, -0.05) is 17.7 Å². The molecule has 100 valence electrons. The van der Waals surface area contributed by atoms with E-state index in [0.29, 0.717) is 0 Å². The van der Waals surface area contributed by atoms with Crippen molar-refractivity contribution in [2.24, 2.45) is 0 Å². The lowest BCUT2D eigenvalue weighted by molar-refractivity contribution is 0.549. The highest BCUT2D eigenvalue weighted by molar-refractivity contribution is 5.86. The molecule has 0 spiro atoms. The van der Waals surface area contributed by atoms with E-state index in [1.807, 2.05) is 18.3 Å². The van der Waals surface area contributed by atoms with Crippen molar-refractivity contribution in [3.05, 3.63) is 65.1 Å². The largest absolute Gasteiger partial charge is 0.357 e. The number of aryl methyl sites for hydroxylation is 1. The number of hydrogen-bond acceptors (Lipinski definition) is 2. The highest BCUT2D eigenvalue weighted by Gasteiger charge is 2.25. The van der Waals surface area contributed by atoms with Crippen LogP contribution in [-0.4, -0.2) is 16.5 Å². The Morgan fingerprint density at radius 2 is 2.15 bits per heavy atom. The van der Waals surface area contributed by atoms with Crippen molar-refractivity contribution in [1.82, 2.24) is 15.3 Å². The molecule has 2 aromatic heterocycles. The first kappa shape index (κ1) is 11.7. The van der Waals surface area contributed by atoms with E-state index in [2.05, 4.69) is 46.5 Å². The number of aromatic amines is 1. The summed E-state index contributed by atoms with van der Waals surface area (Å²) in [4.78, 5) is 8.10. The second-order valence-corrected chi connectivity index (χ2v) is 5.46. The van der Waals surface area contributed by atoms with Crippen molar-refractivity contribution in [1.29, 1.82) is 0 Å². The average molecular weight is 263 g/mol. The molecule has 0 saturated heterocycles. The fraction of sp³-hybridized carbons (Fsp3) is 0.235. The number of nitrogens with one attached hydrogen (secondary N) is 2. The molecule has 0 saturated carbocycles. The lowest BCUT2D eigenvalue weighted by Crippen LogP contribution is -2.30. The maximum absolute atomic E-state index is 4.51. The fourth-order valence-electron chi connectivity index (χ4n) is 3.14. The monoisotopic (exact) mass is 263 g/mol. The Bertz CT molecular complexity index is 759. The Hall–Kier alpha value is -2.13. The van der Waals surface area contributed by atoms with Crippen molar-refractivity contribution in [2.45, 2.75) is 19.4 Å². The molecule has 1 atom stereocenters. The van der Waals surface area contributed by atoms with Crippen molar-refractivity contribution in [2.75, 3.05) is 6.54 Å². The molecule has 0 radical (unpaired) electrons. The summed E-state index contributed by atoms with van der Waals surface area (Å²) in [5, 5.41) is 4.94. The Balaban J connectivity index is 1.91. The average Bonchev–Trinajstić information content (AvgIpc) is 2.86. The number of fused-ring (bicyclic) bond motifs is 3. The van der Waals surface area contributed by atoms with Gasteiger partial charge in [0.05, 0.1) is 11.7 Å². The normalized spacial score (nSPS) is 18.1. The molecule has 2 N–H and O–H groups in total. The van der Waals surface area contributed by atoms with Crippen LogP contribution in [0.3, 0.4) is 0 Å². The maximum atomic E-state index is 4.51. The van der Waals surface area contributed by atoms with E-state index in [0.717, 1.165) is 18.7 Å². The molecule has 0 aliphatic carbocycles. The van der Waals surface area contributed by atoms with Crippen LogP contribution in [0.4, 0.5) is 0 Å². The number of nitrogens with zero attached hydrogens (tertiary/aromatic N) is 1. The summed E-state index contributed by atoms with van der Waals surface area (Å²) in [5.41, 5.74) is 6.34. The molecule has 4 rings (SSSR count). The van der Waals surface area contributed by atoms with Crippen molar-refractivity contribution in [3.63, 3.8) is 0 Å². The second-order valence-electron chi connectivity index (χ2n) is 5.46. The standard InChI is InChI=1S/C17H17N3/c1-11-5-6-14-13(10-11)12-7-9-19-17(16(12)20-14)15-4-2-3-8-18-15/h2-6,8,10,17,19-20H,7,9H2,1H3. The molecule has 3 nitrogen and oxygen atoms in total. The Kier molecular flexibility index (Phi) is 2.60. The SMILES string of the molecule is Cc1ccc2[nH]c3c(c2c1)CCNC3c1ccccn1. The van der Waals surface area contributed by atoms with Crippen LogP contribution in [0.1, 0.15) is 28.6 Å². The summed E-state index contributed by atoms with van der Waals surface area (Å²) in [6.07, 6.45) is 2.93. The highest BCUT2D eigenvalue weighted by atomic mass is 15.0. The molecular formula is C17H17N3. The number of H-pyrrole nitrogens is 1. The molecule has 3 heteroatoms. The first-order valence-electron chi connectivity index (χ1n) is 7.08. The van der Waals surface area contributed by atoms with Gasteiger partial charge in [-0.25, -0.2) is 0 Å². The zero-order chi connectivity index (χ0) is 13.5. The van der Waals surface area contributed by atoms with E-state index >= 15 is 0 Å². The van der Waals surface area contributed by atoms with Gasteiger partial charge in [-0.3, -0.25) is 4.98 Å². The number of aromatic nitrogens is 2. The van der Waals surface area contributed by atoms with Gasteiger partial charge in [-0.2, -0.15) is 0 Å². The number of pyridine rings is 1. The summed E-state index contributed by atoms with van der Waals surface area (Å²) < 4.78 is 0. The number of hydrogen-bond donors (Lipinski definition) is 2. The summed E-state index contributed by atoms with van der Waals surface area (Å²) >= 11 is 0. The van der Waals surface area contributed by atoms with Gasteiger partial charge in [0.25, 0.3) is 0 Å². The summed E-state index contributed by atoms with van der Waals surface area (Å²) in [6.45, 7) is 3.14. The van der Waals surface area contributed by atoms with Crippen LogP contribution in [0.2, 0.25) is 0 Å². The van der Waals surface area contributed by atoms with Crippen LogP contribution >= 0.6 is 0 Å². The van der Waals surface area contributed by atoms with E-state index in [-0.39, 0.29) is 6.04 Å². The van der Waals surface area contributed by atoms with E-state index < -0.39 is 0 Å². The van der Waals surface area contributed by atoms with Gasteiger partial charge >= 0.3 is 0 Å². The van der Waals surface area contributed by atoms with Gasteiger partial charge in [-0.15, -0.1) is 0 Å². The predicted molar refractivity (Wildman–Crippen MR) is 80.8 cm³/mol. The van der Waals surface area contributed by atoms with Crippen molar-refractivity contribution in [3.8, 4) is 0 Å². The van der Waals surface area contributed by atoms with Gasteiger partial charge < -0.3 is 10.3 Å². The molecule has 1 aromatic carbocycles. The van der Waals surface area contributed by atoms with Crippen LogP contribution in [0.25, 0.3) is 10.9 Å². The fourth-order valence-corrected chi connectivity index (χ4v) is 3.14. The predicted octanol–water partition coefficient (Wildman–Crippen LogP) is 3.11. The summed E-state index contributed by atoms with van der Waals surface area (Å²) in [7, 11) is 0. The van der Waals surface area contributed by atoms with Crippen molar-refractivity contribution >= 4 is 10.9 Å². The van der Waals surface area contributed by atoms with Gasteiger partial charge in [0, 0.05) is 29.3 Å². The lowest BCUT2D eigenvalue weighted by Gasteiger charge is -2.23. The minimum absolute atomic E-state index is 0.174. The minimum atomic E-state index is 0.174. The Morgan fingerprint density at radius 1 is 1.20 bits per heavy atom. The van der Waals surface area contributed by atoms with Crippen LogP contribution in [0, 0.1) is 6.92 Å². The third kappa shape index (κ3) is 1.74. The molecule has 3 aromatic rings. The van der Waals surface area contributed by atoms with Crippen LogP contribution in [0.15, 0.2) is 42.6 Å². The van der Waals surface area contributed by atoms with E-state index in [9.17, 15) is 0 Å². The topological polar surface area (TPSA) is 40.7 Å². The third-order valence-corrected chi connectivity index (χ3v) is 4.09. The van der Waals surface area contributed by atoms with Gasteiger partial charge in [0.2, 0.25) is 0 Å². The van der Waals surface area contributed by atoms with Gasteiger partial charge in [0.1, 0.15) is 0 Å². The first-order chi connectivity index (χ1) is 9.83. The molecule has 1 aliphatic rings. The first-order valence-corrected chi connectivity index (χ1v) is 7.08. The van der Waals surface area contributed by atoms with Crippen LogP contribution in [0.5, 0.6) is 0 Å². The molecule has 3 heterocycles. The maximum Gasteiger partial charge on any atom is 0.0906 e. The number of rotatable bonds is 1. The van der Waals surface area contributed by atoms with Crippen molar-refractivity contribution < 1.29 is 0 Å². The zero-order valence-corrected chi connectivity index (χ0v) is 11.5. The highest BCUT2D eigenvalue weighted by Crippen LogP contribution is 2.33. The van der Waals surface area contributed by atoms with E-state index in [4.69, 9.17) is 0 Å². The molecule has 1 aliphatic heterocycles. The Morgan fingerprint density at radius 3 is 3.00 bits per heavy atom. The quantitative estimate of drug-likeness (QED) is 0.708. The molecule has 0 fully saturated rings. The lowest BCUT2D eigenvalue weighted by atomic mass is 9.96. The second kappa shape index (κ2) is 4.46. The Labute approximate surface area is 118 Å². The van der Waals surface area contributed by atoms with E-state index in [1.165, 1.54) is 27.7 Å². The van der Waals surface area contributed by atoms with E-state index in [1.54, 1.807) is 0 Å². The van der Waals surface area contributed by atoms with Crippen LogP contribution < -0.4 is 5.32 Å².